The van der Waals surface area contributed by atoms with E-state index in [1.807, 2.05) is 30.1 Å². The van der Waals surface area contributed by atoms with Gasteiger partial charge in [0.1, 0.15) is 5.82 Å². The van der Waals surface area contributed by atoms with Gasteiger partial charge >= 0.3 is 0 Å². The summed E-state index contributed by atoms with van der Waals surface area (Å²) in [5.74, 6) is -0.855. The lowest BCUT2D eigenvalue weighted by molar-refractivity contribution is -0.120. The van der Waals surface area contributed by atoms with E-state index in [4.69, 9.17) is 23.2 Å². The molecule has 0 spiro atoms. The molecular weight excluding hydrogens is 338 g/mol. The van der Waals surface area contributed by atoms with Crippen molar-refractivity contribution in [2.45, 2.75) is 19.5 Å². The SMILES string of the molecule is CC(C(=O)Nc1ccc(Cl)cc1F)N(C)Cc1cccc(Cl)c1. The molecule has 0 heterocycles. The van der Waals surface area contributed by atoms with Gasteiger partial charge in [0.25, 0.3) is 0 Å². The molecule has 122 valence electrons. The second-order valence-electron chi connectivity index (χ2n) is 5.33. The molecule has 0 aliphatic rings. The monoisotopic (exact) mass is 354 g/mol. The Morgan fingerprint density at radius 2 is 1.91 bits per heavy atom. The summed E-state index contributed by atoms with van der Waals surface area (Å²) in [5.41, 5.74) is 1.11. The molecule has 2 aromatic rings. The molecule has 1 unspecified atom stereocenters. The Labute approximate surface area is 145 Å². The molecular formula is C17H17Cl2FN2O. The fourth-order valence-corrected chi connectivity index (χ4v) is 2.46. The number of rotatable bonds is 5. The van der Waals surface area contributed by atoms with E-state index in [1.165, 1.54) is 12.1 Å². The van der Waals surface area contributed by atoms with Crippen LogP contribution in [0.2, 0.25) is 10.0 Å². The normalized spacial score (nSPS) is 12.3. The third kappa shape index (κ3) is 4.93. The summed E-state index contributed by atoms with van der Waals surface area (Å²) in [5, 5.41) is 3.51. The number of hydrogen-bond acceptors (Lipinski definition) is 2. The second-order valence-corrected chi connectivity index (χ2v) is 6.21. The summed E-state index contributed by atoms with van der Waals surface area (Å²) in [7, 11) is 1.82. The number of nitrogens with one attached hydrogen (secondary N) is 1. The van der Waals surface area contributed by atoms with Gasteiger partial charge in [-0.05, 0) is 49.9 Å². The number of amides is 1. The molecule has 2 aromatic carbocycles. The molecule has 0 aromatic heterocycles. The number of likely N-dealkylation sites (N-methyl/N-ethyl adjacent to an activating group) is 1. The first kappa shape index (κ1) is 17.7. The van der Waals surface area contributed by atoms with Gasteiger partial charge in [-0.25, -0.2) is 4.39 Å². The first-order valence-electron chi connectivity index (χ1n) is 7.07. The van der Waals surface area contributed by atoms with E-state index >= 15 is 0 Å². The van der Waals surface area contributed by atoms with Gasteiger partial charge in [-0.15, -0.1) is 0 Å². The van der Waals surface area contributed by atoms with Crippen molar-refractivity contribution in [2.75, 3.05) is 12.4 Å². The maximum Gasteiger partial charge on any atom is 0.241 e. The highest BCUT2D eigenvalue weighted by Gasteiger charge is 2.19. The van der Waals surface area contributed by atoms with Crippen LogP contribution in [0.15, 0.2) is 42.5 Å². The second kappa shape index (κ2) is 7.77. The van der Waals surface area contributed by atoms with Gasteiger partial charge in [-0.3, -0.25) is 9.69 Å². The molecule has 23 heavy (non-hydrogen) atoms. The summed E-state index contributed by atoms with van der Waals surface area (Å²) >= 11 is 11.7. The molecule has 1 amide bonds. The maximum absolute atomic E-state index is 13.7. The van der Waals surface area contributed by atoms with E-state index in [9.17, 15) is 9.18 Å². The molecule has 1 N–H and O–H groups in total. The van der Waals surface area contributed by atoms with Crippen LogP contribution in [0.5, 0.6) is 0 Å². The molecule has 0 radical (unpaired) electrons. The number of carbonyl (C=O) groups is 1. The zero-order valence-corrected chi connectivity index (χ0v) is 14.3. The van der Waals surface area contributed by atoms with Gasteiger partial charge in [0.05, 0.1) is 11.7 Å². The minimum Gasteiger partial charge on any atom is -0.322 e. The van der Waals surface area contributed by atoms with Crippen molar-refractivity contribution in [3.63, 3.8) is 0 Å². The molecule has 0 bridgehead atoms. The summed E-state index contributed by atoms with van der Waals surface area (Å²) < 4.78 is 13.7. The minimum absolute atomic E-state index is 0.113. The van der Waals surface area contributed by atoms with Gasteiger partial charge in [0, 0.05) is 16.6 Å². The first-order chi connectivity index (χ1) is 10.9. The lowest BCUT2D eigenvalue weighted by Crippen LogP contribution is -2.39. The van der Waals surface area contributed by atoms with Crippen molar-refractivity contribution in [3.05, 3.63) is 63.9 Å². The average Bonchev–Trinajstić information content (AvgIpc) is 2.49. The highest BCUT2D eigenvalue weighted by atomic mass is 35.5. The number of hydrogen-bond donors (Lipinski definition) is 1. The van der Waals surface area contributed by atoms with Gasteiger partial charge < -0.3 is 5.32 Å². The summed E-state index contributed by atoms with van der Waals surface area (Å²) in [6, 6.07) is 11.1. The Morgan fingerprint density at radius 3 is 2.57 bits per heavy atom. The van der Waals surface area contributed by atoms with Gasteiger partial charge in [0.15, 0.2) is 0 Å². The fourth-order valence-electron chi connectivity index (χ4n) is 2.09. The van der Waals surface area contributed by atoms with Crippen LogP contribution in [0, 0.1) is 5.82 Å². The predicted octanol–water partition coefficient (Wildman–Crippen LogP) is 4.59. The van der Waals surface area contributed by atoms with Crippen LogP contribution < -0.4 is 5.32 Å². The van der Waals surface area contributed by atoms with E-state index in [-0.39, 0.29) is 16.6 Å². The Balaban J connectivity index is 2.01. The number of nitrogens with zero attached hydrogens (tertiary/aromatic N) is 1. The molecule has 0 fully saturated rings. The minimum atomic E-state index is -0.560. The molecule has 6 heteroatoms. The van der Waals surface area contributed by atoms with Crippen LogP contribution in [-0.2, 0) is 11.3 Å². The van der Waals surface area contributed by atoms with Gasteiger partial charge in [-0.1, -0.05) is 35.3 Å². The van der Waals surface area contributed by atoms with Gasteiger partial charge in [0.2, 0.25) is 5.91 Å². The van der Waals surface area contributed by atoms with Crippen molar-refractivity contribution < 1.29 is 9.18 Å². The highest BCUT2D eigenvalue weighted by molar-refractivity contribution is 6.30. The first-order valence-corrected chi connectivity index (χ1v) is 7.83. The predicted molar refractivity (Wildman–Crippen MR) is 92.4 cm³/mol. The number of anilines is 1. The molecule has 1 atom stereocenters. The number of benzene rings is 2. The fraction of sp³-hybridized carbons (Fsp3) is 0.235. The van der Waals surface area contributed by atoms with E-state index in [1.54, 1.807) is 13.0 Å². The Kier molecular flexibility index (Phi) is 5.99. The standard InChI is InChI=1S/C17H17Cl2FN2O/c1-11(22(2)10-12-4-3-5-13(18)8-12)17(23)21-16-7-6-14(19)9-15(16)20/h3-9,11H,10H2,1-2H3,(H,21,23). The van der Waals surface area contributed by atoms with E-state index in [0.717, 1.165) is 11.6 Å². The summed E-state index contributed by atoms with van der Waals surface area (Å²) in [6.07, 6.45) is 0. The average molecular weight is 355 g/mol. The third-order valence-electron chi connectivity index (χ3n) is 3.55. The van der Waals surface area contributed by atoms with Crippen molar-refractivity contribution in [1.82, 2.24) is 4.90 Å². The smallest absolute Gasteiger partial charge is 0.241 e. The Morgan fingerprint density at radius 1 is 1.22 bits per heavy atom. The maximum atomic E-state index is 13.7. The Hall–Kier alpha value is -1.62. The van der Waals surface area contributed by atoms with Crippen molar-refractivity contribution in [2.24, 2.45) is 0 Å². The molecule has 0 saturated heterocycles. The largest absolute Gasteiger partial charge is 0.322 e. The van der Waals surface area contributed by atoms with Crippen molar-refractivity contribution >= 4 is 34.8 Å². The van der Waals surface area contributed by atoms with Crippen LogP contribution in [0.4, 0.5) is 10.1 Å². The zero-order valence-electron chi connectivity index (χ0n) is 12.8. The number of halogens is 3. The number of carbonyl (C=O) groups excluding carboxylic acids is 1. The topological polar surface area (TPSA) is 32.3 Å². The van der Waals surface area contributed by atoms with Crippen LogP contribution in [0.25, 0.3) is 0 Å². The third-order valence-corrected chi connectivity index (χ3v) is 4.02. The summed E-state index contributed by atoms with van der Waals surface area (Å²) in [4.78, 5) is 14.1. The molecule has 0 aliphatic heterocycles. The van der Waals surface area contributed by atoms with Crippen molar-refractivity contribution in [1.29, 1.82) is 0 Å². The van der Waals surface area contributed by atoms with Crippen LogP contribution in [0.1, 0.15) is 12.5 Å². The highest BCUT2D eigenvalue weighted by Crippen LogP contribution is 2.19. The van der Waals surface area contributed by atoms with Crippen LogP contribution >= 0.6 is 23.2 Å². The van der Waals surface area contributed by atoms with E-state index < -0.39 is 11.9 Å². The quantitative estimate of drug-likeness (QED) is 0.851. The van der Waals surface area contributed by atoms with E-state index in [0.29, 0.717) is 11.6 Å². The lowest BCUT2D eigenvalue weighted by atomic mass is 10.2. The molecule has 3 nitrogen and oxygen atoms in total. The van der Waals surface area contributed by atoms with Gasteiger partial charge in [-0.2, -0.15) is 0 Å². The molecule has 0 aliphatic carbocycles. The summed E-state index contributed by atoms with van der Waals surface area (Å²) in [6.45, 7) is 2.31. The van der Waals surface area contributed by atoms with Crippen molar-refractivity contribution in [3.8, 4) is 0 Å². The lowest BCUT2D eigenvalue weighted by Gasteiger charge is -2.24. The Bertz CT molecular complexity index is 709. The van der Waals surface area contributed by atoms with Crippen LogP contribution in [-0.4, -0.2) is 23.9 Å². The molecule has 2 rings (SSSR count). The molecule has 0 saturated carbocycles. The zero-order chi connectivity index (χ0) is 17.0. The van der Waals surface area contributed by atoms with E-state index in [2.05, 4.69) is 5.32 Å². The van der Waals surface area contributed by atoms with Crippen LogP contribution in [0.3, 0.4) is 0 Å².